The molecule has 0 aliphatic heterocycles. The van der Waals surface area contributed by atoms with Crippen molar-refractivity contribution in [3.05, 3.63) is 190 Å². The van der Waals surface area contributed by atoms with Crippen LogP contribution in [0.3, 0.4) is 0 Å². The summed E-state index contributed by atoms with van der Waals surface area (Å²) in [5, 5.41) is 19.4. The first-order valence-corrected chi connectivity index (χ1v) is 19.2. The van der Waals surface area contributed by atoms with Gasteiger partial charge in [-0.2, -0.15) is 0 Å². The Morgan fingerprint density at radius 2 is 0.782 bits per heavy atom. The molecule has 0 saturated carbocycles. The number of hydrogen-bond acceptors (Lipinski definition) is 8. The van der Waals surface area contributed by atoms with E-state index in [4.69, 9.17) is 18.9 Å². The molecule has 0 radical (unpaired) electrons. The van der Waals surface area contributed by atoms with Gasteiger partial charge in [-0.3, -0.25) is 0 Å². The maximum atomic E-state index is 14.2. The molecule has 55 heavy (non-hydrogen) atoms. The fraction of sp³-hybridized carbons (Fsp3) is 0.136. The lowest BCUT2D eigenvalue weighted by molar-refractivity contribution is 0.0680. The van der Waals surface area contributed by atoms with Crippen molar-refractivity contribution in [2.75, 3.05) is 6.26 Å². The first-order valence-electron chi connectivity index (χ1n) is 17.2. The summed E-state index contributed by atoms with van der Waals surface area (Å²) in [4.78, 5) is 25.9. The second-order valence-electron chi connectivity index (χ2n) is 12.7. The lowest BCUT2D eigenvalue weighted by Gasteiger charge is -2.25. The second-order valence-corrected chi connectivity index (χ2v) is 14.8. The van der Waals surface area contributed by atoms with Crippen LogP contribution < -0.4 is 18.9 Å². The number of carboxylic acid groups (broad SMARTS) is 2. The van der Waals surface area contributed by atoms with E-state index < -0.39 is 27.0 Å². The Hall–Kier alpha value is -6.59. The highest BCUT2D eigenvalue weighted by molar-refractivity contribution is 7.91. The molecule has 0 aliphatic carbocycles. The summed E-state index contributed by atoms with van der Waals surface area (Å²) in [6.07, 6.45) is 0.982. The van der Waals surface area contributed by atoms with Crippen molar-refractivity contribution in [2.24, 2.45) is 0 Å². The molecule has 0 amide bonds. The topological polar surface area (TPSA) is 146 Å². The maximum Gasteiger partial charge on any atom is 0.339 e. The summed E-state index contributed by atoms with van der Waals surface area (Å²) in [5.41, 5.74) is 2.07. The van der Waals surface area contributed by atoms with Crippen LogP contribution in [0.5, 0.6) is 23.0 Å². The monoisotopic (exact) mass is 758 g/mol. The van der Waals surface area contributed by atoms with Gasteiger partial charge in [-0.15, -0.1) is 0 Å². The van der Waals surface area contributed by atoms with E-state index in [1.54, 1.807) is 48.5 Å². The number of carboxylic acids is 2. The Labute approximate surface area is 319 Å². The zero-order chi connectivity index (χ0) is 38.8. The molecule has 0 unspecified atom stereocenters. The molecule has 10 nitrogen and oxygen atoms in total. The molecule has 0 aliphatic rings. The fourth-order valence-corrected chi connectivity index (χ4v) is 7.29. The van der Waals surface area contributed by atoms with Crippen molar-refractivity contribution in [1.29, 1.82) is 0 Å². The van der Waals surface area contributed by atoms with Gasteiger partial charge in [0, 0.05) is 17.4 Å². The molecule has 11 heteroatoms. The van der Waals surface area contributed by atoms with Crippen LogP contribution in [0.15, 0.2) is 146 Å². The van der Waals surface area contributed by atoms with Gasteiger partial charge >= 0.3 is 11.9 Å². The van der Waals surface area contributed by atoms with E-state index >= 15 is 0 Å². The summed E-state index contributed by atoms with van der Waals surface area (Å²) in [6.45, 7) is -0.116. The Morgan fingerprint density at radius 3 is 1.05 bits per heavy atom. The molecule has 0 heterocycles. The second kappa shape index (κ2) is 17.5. The zero-order valence-corrected chi connectivity index (χ0v) is 30.6. The fourth-order valence-electron chi connectivity index (χ4n) is 6.01. The highest BCUT2D eigenvalue weighted by Gasteiger charge is 2.36. The SMILES string of the molecule is CS(=O)(=O)C(c1cc(OCc2ccccc2)cc(C(=O)O)c1OCc1ccccc1)c1cc(OCc2ccccc2)cc(C(=O)O)c1OCc1ccccc1. The van der Waals surface area contributed by atoms with Crippen molar-refractivity contribution in [1.82, 2.24) is 0 Å². The molecular formula is C44H38O10S. The molecule has 0 bridgehead atoms. The average molecular weight is 759 g/mol. The third-order valence-electron chi connectivity index (χ3n) is 8.58. The summed E-state index contributed by atoms with van der Waals surface area (Å²) < 4.78 is 53.1. The van der Waals surface area contributed by atoms with Crippen molar-refractivity contribution in [3.8, 4) is 23.0 Å². The summed E-state index contributed by atoms with van der Waals surface area (Å²) in [5.74, 6) is -3.15. The molecular weight excluding hydrogens is 721 g/mol. The lowest BCUT2D eigenvalue weighted by Crippen LogP contribution is -2.19. The van der Waals surface area contributed by atoms with Gasteiger partial charge in [0.05, 0.1) is 0 Å². The van der Waals surface area contributed by atoms with Gasteiger partial charge in [0.2, 0.25) is 0 Å². The molecule has 0 aromatic heterocycles. The maximum absolute atomic E-state index is 14.2. The van der Waals surface area contributed by atoms with Crippen LogP contribution in [0, 0.1) is 0 Å². The molecule has 0 atom stereocenters. The quantitative estimate of drug-likeness (QED) is 0.0928. The number of sulfone groups is 1. The largest absolute Gasteiger partial charge is 0.489 e. The average Bonchev–Trinajstić information content (AvgIpc) is 3.19. The molecule has 280 valence electrons. The lowest BCUT2D eigenvalue weighted by atomic mass is 9.96. The highest BCUT2D eigenvalue weighted by Crippen LogP contribution is 2.46. The summed E-state index contributed by atoms with van der Waals surface area (Å²) in [7, 11) is -4.29. The van der Waals surface area contributed by atoms with Gasteiger partial charge in [0.1, 0.15) is 65.8 Å². The van der Waals surface area contributed by atoms with E-state index in [0.717, 1.165) is 17.4 Å². The number of carbonyl (C=O) groups is 2. The summed E-state index contributed by atoms with van der Waals surface area (Å²) >= 11 is 0. The van der Waals surface area contributed by atoms with Gasteiger partial charge in [-0.05, 0) is 46.5 Å². The minimum absolute atomic E-state index is 0.0461. The number of aromatic carboxylic acids is 2. The first kappa shape index (κ1) is 38.1. The van der Waals surface area contributed by atoms with E-state index in [2.05, 4.69) is 0 Å². The third-order valence-corrected chi connectivity index (χ3v) is 9.95. The third kappa shape index (κ3) is 9.89. The standard InChI is InChI=1S/C44H38O10S/c1-55(49,50)42(36-22-34(51-26-30-14-6-2-7-15-30)24-38(43(45)46)40(36)53-28-32-18-10-4-11-19-32)37-23-35(52-27-31-16-8-3-9-17-31)25-39(44(47)48)41(37)54-29-33-20-12-5-13-21-33/h2-25,42H,26-29H2,1H3,(H,45,46)(H,47,48). The van der Waals surface area contributed by atoms with Crippen LogP contribution in [0.2, 0.25) is 0 Å². The van der Waals surface area contributed by atoms with E-state index in [9.17, 15) is 28.2 Å². The minimum atomic E-state index is -4.29. The van der Waals surface area contributed by atoms with E-state index in [0.29, 0.717) is 11.1 Å². The predicted octanol–water partition coefficient (Wildman–Crippen LogP) is 8.53. The Bertz CT molecular complexity index is 2200. The van der Waals surface area contributed by atoms with Crippen LogP contribution in [0.25, 0.3) is 0 Å². The van der Waals surface area contributed by atoms with Crippen LogP contribution in [-0.4, -0.2) is 36.8 Å². The zero-order valence-electron chi connectivity index (χ0n) is 29.8. The van der Waals surface area contributed by atoms with Crippen molar-refractivity contribution in [2.45, 2.75) is 31.7 Å². The van der Waals surface area contributed by atoms with Crippen LogP contribution in [0.4, 0.5) is 0 Å². The minimum Gasteiger partial charge on any atom is -0.489 e. The molecule has 6 aromatic carbocycles. The van der Waals surface area contributed by atoms with Crippen molar-refractivity contribution < 1.29 is 47.2 Å². The van der Waals surface area contributed by atoms with Crippen LogP contribution >= 0.6 is 0 Å². The van der Waals surface area contributed by atoms with Crippen LogP contribution in [0.1, 0.15) is 59.3 Å². The Kier molecular flexibility index (Phi) is 12.1. The summed E-state index contributed by atoms with van der Waals surface area (Å²) in [6, 6.07) is 41.7. The molecule has 0 spiro atoms. The van der Waals surface area contributed by atoms with Crippen LogP contribution in [-0.2, 0) is 36.3 Å². The van der Waals surface area contributed by atoms with E-state index in [-0.39, 0.29) is 71.7 Å². The van der Waals surface area contributed by atoms with Gasteiger partial charge in [-0.25, -0.2) is 18.0 Å². The van der Waals surface area contributed by atoms with Gasteiger partial charge < -0.3 is 29.2 Å². The number of hydrogen-bond donors (Lipinski definition) is 2. The highest BCUT2D eigenvalue weighted by atomic mass is 32.2. The molecule has 0 saturated heterocycles. The number of rotatable bonds is 17. The Morgan fingerprint density at radius 1 is 0.491 bits per heavy atom. The van der Waals surface area contributed by atoms with E-state index in [1.807, 2.05) is 72.8 Å². The van der Waals surface area contributed by atoms with Gasteiger partial charge in [-0.1, -0.05) is 121 Å². The molecule has 6 rings (SSSR count). The van der Waals surface area contributed by atoms with Crippen molar-refractivity contribution >= 4 is 21.8 Å². The first-order chi connectivity index (χ1) is 26.6. The smallest absolute Gasteiger partial charge is 0.339 e. The van der Waals surface area contributed by atoms with Crippen molar-refractivity contribution in [3.63, 3.8) is 0 Å². The normalized spacial score (nSPS) is 11.2. The predicted molar refractivity (Wildman–Crippen MR) is 207 cm³/mol. The molecule has 6 aromatic rings. The van der Waals surface area contributed by atoms with Gasteiger partial charge in [0.25, 0.3) is 0 Å². The van der Waals surface area contributed by atoms with Gasteiger partial charge in [0.15, 0.2) is 9.84 Å². The Balaban J connectivity index is 1.57. The molecule has 0 fully saturated rings. The number of ether oxygens (including phenoxy) is 4. The van der Waals surface area contributed by atoms with E-state index in [1.165, 1.54) is 24.3 Å². The number of benzene rings is 6. The molecule has 2 N–H and O–H groups in total.